The van der Waals surface area contributed by atoms with Crippen molar-refractivity contribution in [3.8, 4) is 0 Å². The molecule has 0 aliphatic carbocycles. The van der Waals surface area contributed by atoms with E-state index in [9.17, 15) is 5.11 Å². The van der Waals surface area contributed by atoms with Gasteiger partial charge in [-0.2, -0.15) is 0 Å². The van der Waals surface area contributed by atoms with Crippen molar-refractivity contribution in [2.45, 2.75) is 25.8 Å². The van der Waals surface area contributed by atoms with Crippen molar-refractivity contribution < 1.29 is 5.11 Å². The first kappa shape index (κ1) is 12.4. The number of aliphatic hydroxyl groups excluding tert-OH is 1. The van der Waals surface area contributed by atoms with E-state index in [4.69, 9.17) is 0 Å². The van der Waals surface area contributed by atoms with Gasteiger partial charge in [0.05, 0.1) is 0 Å². The smallest absolute Gasteiger partial charge is 0.0451 e. The molecule has 1 aliphatic rings. The van der Waals surface area contributed by atoms with Gasteiger partial charge in [-0.25, -0.2) is 0 Å². The van der Waals surface area contributed by atoms with Crippen LogP contribution in [0.4, 0.5) is 5.69 Å². The number of aryl methyl sites for hydroxylation is 1. The van der Waals surface area contributed by atoms with Crippen LogP contribution in [0.3, 0.4) is 0 Å². The zero-order valence-corrected chi connectivity index (χ0v) is 10.5. The number of nitrogens with one attached hydrogen (secondary N) is 1. The van der Waals surface area contributed by atoms with Crippen LogP contribution in [0.15, 0.2) is 24.3 Å². The van der Waals surface area contributed by atoms with E-state index in [0.717, 1.165) is 32.5 Å². The van der Waals surface area contributed by atoms with E-state index in [1.165, 1.54) is 11.3 Å². The topological polar surface area (TPSA) is 35.5 Å². The summed E-state index contributed by atoms with van der Waals surface area (Å²) in [6.45, 7) is 5.53. The number of hydrogen-bond acceptors (Lipinski definition) is 3. The largest absolute Gasteiger partial charge is 0.396 e. The lowest BCUT2D eigenvalue weighted by molar-refractivity contribution is 0.273. The molecule has 0 amide bonds. The van der Waals surface area contributed by atoms with Gasteiger partial charge in [-0.3, -0.25) is 0 Å². The maximum absolute atomic E-state index is 9.19. The van der Waals surface area contributed by atoms with Crippen LogP contribution in [0, 0.1) is 6.92 Å². The molecule has 3 heteroatoms. The van der Waals surface area contributed by atoms with Gasteiger partial charge < -0.3 is 15.3 Å². The molecule has 17 heavy (non-hydrogen) atoms. The van der Waals surface area contributed by atoms with Crippen molar-refractivity contribution in [1.82, 2.24) is 5.32 Å². The Morgan fingerprint density at radius 3 is 3.00 bits per heavy atom. The number of rotatable bonds is 3. The molecule has 1 saturated heterocycles. The lowest BCUT2D eigenvalue weighted by Crippen LogP contribution is -2.40. The van der Waals surface area contributed by atoms with Gasteiger partial charge in [-0.05, 0) is 37.9 Å². The molecule has 1 atom stereocenters. The van der Waals surface area contributed by atoms with E-state index in [1.54, 1.807) is 0 Å². The molecule has 0 radical (unpaired) electrons. The first-order valence-electron chi connectivity index (χ1n) is 6.47. The fourth-order valence-electron chi connectivity index (χ4n) is 2.55. The quantitative estimate of drug-likeness (QED) is 0.833. The molecule has 1 fully saturated rings. The first-order chi connectivity index (χ1) is 8.33. The van der Waals surface area contributed by atoms with Crippen LogP contribution in [0.5, 0.6) is 0 Å². The molecular weight excluding hydrogens is 212 g/mol. The van der Waals surface area contributed by atoms with Crippen LogP contribution in [0.25, 0.3) is 0 Å². The highest BCUT2D eigenvalue weighted by molar-refractivity contribution is 5.54. The second kappa shape index (κ2) is 6.03. The fourth-order valence-corrected chi connectivity index (χ4v) is 2.55. The van der Waals surface area contributed by atoms with Gasteiger partial charge in [0.1, 0.15) is 0 Å². The lowest BCUT2D eigenvalue weighted by Gasteiger charge is -2.32. The lowest BCUT2D eigenvalue weighted by atomic mass is 10.1. The SMILES string of the molecule is Cc1ccccc1N1CCCNCC1CCO. The van der Waals surface area contributed by atoms with E-state index in [-0.39, 0.29) is 6.61 Å². The molecule has 2 rings (SSSR count). The molecule has 2 N–H and O–H groups in total. The average molecular weight is 234 g/mol. The zero-order valence-electron chi connectivity index (χ0n) is 10.5. The Hall–Kier alpha value is -1.06. The summed E-state index contributed by atoms with van der Waals surface area (Å²) in [5, 5.41) is 12.6. The van der Waals surface area contributed by atoms with Crippen LogP contribution < -0.4 is 10.2 Å². The minimum atomic E-state index is 0.259. The number of hydrogen-bond donors (Lipinski definition) is 2. The maximum atomic E-state index is 9.19. The molecule has 3 nitrogen and oxygen atoms in total. The fraction of sp³-hybridized carbons (Fsp3) is 0.571. The van der Waals surface area contributed by atoms with Crippen molar-refractivity contribution >= 4 is 5.69 Å². The molecule has 0 spiro atoms. The highest BCUT2D eigenvalue weighted by atomic mass is 16.3. The highest BCUT2D eigenvalue weighted by Gasteiger charge is 2.21. The Morgan fingerprint density at radius 1 is 1.41 bits per heavy atom. The van der Waals surface area contributed by atoms with Crippen LogP contribution in [-0.4, -0.2) is 37.4 Å². The summed E-state index contributed by atoms with van der Waals surface area (Å²) in [6.07, 6.45) is 2.00. The third kappa shape index (κ3) is 2.99. The molecule has 94 valence electrons. The van der Waals surface area contributed by atoms with Gasteiger partial charge in [0.2, 0.25) is 0 Å². The van der Waals surface area contributed by atoms with Crippen LogP contribution >= 0.6 is 0 Å². The molecule has 1 unspecified atom stereocenters. The first-order valence-corrected chi connectivity index (χ1v) is 6.47. The maximum Gasteiger partial charge on any atom is 0.0451 e. The van der Waals surface area contributed by atoms with Crippen molar-refractivity contribution in [1.29, 1.82) is 0 Å². The number of anilines is 1. The normalized spacial score (nSPS) is 21.3. The number of para-hydroxylation sites is 1. The number of aliphatic hydroxyl groups is 1. The third-order valence-corrected chi connectivity index (χ3v) is 3.46. The average Bonchev–Trinajstić information content (AvgIpc) is 2.56. The third-order valence-electron chi connectivity index (χ3n) is 3.46. The summed E-state index contributed by atoms with van der Waals surface area (Å²) in [5.74, 6) is 0. The Labute approximate surface area is 103 Å². The van der Waals surface area contributed by atoms with Crippen LogP contribution in [-0.2, 0) is 0 Å². The second-order valence-corrected chi connectivity index (χ2v) is 4.70. The summed E-state index contributed by atoms with van der Waals surface area (Å²) in [7, 11) is 0. The summed E-state index contributed by atoms with van der Waals surface area (Å²) < 4.78 is 0. The molecule has 1 aromatic carbocycles. The van der Waals surface area contributed by atoms with Gasteiger partial charge in [-0.1, -0.05) is 18.2 Å². The molecule has 1 aromatic rings. The standard InChI is InChI=1S/C14H22N2O/c1-12-5-2-3-6-14(12)16-9-4-8-15-11-13(16)7-10-17/h2-3,5-6,13,15,17H,4,7-11H2,1H3. The molecule has 0 saturated carbocycles. The van der Waals surface area contributed by atoms with E-state index >= 15 is 0 Å². The van der Waals surface area contributed by atoms with E-state index in [2.05, 4.69) is 41.4 Å². The summed E-state index contributed by atoms with van der Waals surface area (Å²) in [6, 6.07) is 8.92. The van der Waals surface area contributed by atoms with E-state index in [1.807, 2.05) is 0 Å². The monoisotopic (exact) mass is 234 g/mol. The van der Waals surface area contributed by atoms with Gasteiger partial charge in [0.15, 0.2) is 0 Å². The Morgan fingerprint density at radius 2 is 2.24 bits per heavy atom. The predicted octanol–water partition coefficient (Wildman–Crippen LogP) is 1.55. The number of benzene rings is 1. The molecular formula is C14H22N2O. The Kier molecular flexibility index (Phi) is 4.40. The molecule has 0 aromatic heterocycles. The summed E-state index contributed by atoms with van der Waals surface area (Å²) in [4.78, 5) is 2.45. The van der Waals surface area contributed by atoms with Crippen molar-refractivity contribution in [3.63, 3.8) is 0 Å². The zero-order chi connectivity index (χ0) is 12.1. The van der Waals surface area contributed by atoms with Gasteiger partial charge >= 0.3 is 0 Å². The molecule has 1 heterocycles. The summed E-state index contributed by atoms with van der Waals surface area (Å²) >= 11 is 0. The van der Waals surface area contributed by atoms with E-state index in [0.29, 0.717) is 6.04 Å². The van der Waals surface area contributed by atoms with Crippen molar-refractivity contribution in [3.05, 3.63) is 29.8 Å². The van der Waals surface area contributed by atoms with E-state index < -0.39 is 0 Å². The minimum absolute atomic E-state index is 0.259. The van der Waals surface area contributed by atoms with Crippen molar-refractivity contribution in [2.75, 3.05) is 31.1 Å². The minimum Gasteiger partial charge on any atom is -0.396 e. The van der Waals surface area contributed by atoms with Crippen molar-refractivity contribution in [2.24, 2.45) is 0 Å². The highest BCUT2D eigenvalue weighted by Crippen LogP contribution is 2.23. The van der Waals surface area contributed by atoms with Gasteiger partial charge in [-0.15, -0.1) is 0 Å². The molecule has 1 aliphatic heterocycles. The Bertz CT molecular complexity index is 354. The van der Waals surface area contributed by atoms with Gasteiger partial charge in [0.25, 0.3) is 0 Å². The van der Waals surface area contributed by atoms with Crippen LogP contribution in [0.1, 0.15) is 18.4 Å². The predicted molar refractivity (Wildman–Crippen MR) is 71.5 cm³/mol. The second-order valence-electron chi connectivity index (χ2n) is 4.70. The van der Waals surface area contributed by atoms with Gasteiger partial charge in [0, 0.05) is 31.4 Å². The van der Waals surface area contributed by atoms with Crippen LogP contribution in [0.2, 0.25) is 0 Å². The Balaban J connectivity index is 2.22. The molecule has 0 bridgehead atoms. The summed E-state index contributed by atoms with van der Waals surface area (Å²) in [5.41, 5.74) is 2.63. The number of nitrogens with zero attached hydrogens (tertiary/aromatic N) is 1.